The monoisotopic (exact) mass is 316 g/mol. The van der Waals surface area contributed by atoms with Gasteiger partial charge in [-0.2, -0.15) is 5.10 Å². The number of rotatable bonds is 5. The van der Waals surface area contributed by atoms with Crippen molar-refractivity contribution in [3.8, 4) is 5.75 Å². The number of ether oxygens (including phenoxy) is 1. The topological polar surface area (TPSA) is 68.2 Å². The Morgan fingerprint density at radius 1 is 1.35 bits per heavy atom. The van der Waals surface area contributed by atoms with Gasteiger partial charge in [-0.15, -0.1) is 0 Å². The maximum absolute atomic E-state index is 12.2. The second-order valence-electron chi connectivity index (χ2n) is 5.59. The minimum Gasteiger partial charge on any atom is -0.494 e. The normalized spacial score (nSPS) is 11.9. The fourth-order valence-corrected chi connectivity index (χ4v) is 2.34. The van der Waals surface area contributed by atoms with Crippen LogP contribution in [0.1, 0.15) is 36.7 Å². The molecule has 1 aromatic heterocycles. The number of aryl methyl sites for hydroxylation is 3. The van der Waals surface area contributed by atoms with Gasteiger partial charge in [0.25, 0.3) is 0 Å². The predicted octanol–water partition coefficient (Wildman–Crippen LogP) is 3.32. The Bertz CT molecular complexity index is 674. The van der Waals surface area contributed by atoms with Gasteiger partial charge in [-0.1, -0.05) is 17.7 Å². The van der Waals surface area contributed by atoms with Crippen LogP contribution in [0.2, 0.25) is 0 Å². The van der Waals surface area contributed by atoms with Crippen molar-refractivity contribution in [3.05, 3.63) is 41.1 Å². The fourth-order valence-electron chi connectivity index (χ4n) is 2.34. The van der Waals surface area contributed by atoms with Crippen molar-refractivity contribution >= 4 is 11.8 Å². The van der Waals surface area contributed by atoms with Crippen molar-refractivity contribution in [2.75, 3.05) is 11.9 Å². The lowest BCUT2D eigenvalue weighted by atomic mass is 10.0. The number of carbonyl (C=O) groups excluding carboxylic acids is 1. The molecule has 1 unspecified atom stereocenters. The molecule has 2 amide bonds. The molecule has 0 saturated carbocycles. The summed E-state index contributed by atoms with van der Waals surface area (Å²) in [6.45, 7) is 8.41. The first-order valence-corrected chi connectivity index (χ1v) is 7.72. The second-order valence-corrected chi connectivity index (χ2v) is 5.59. The molecule has 1 heterocycles. The molecule has 1 atom stereocenters. The summed E-state index contributed by atoms with van der Waals surface area (Å²) in [5, 5.41) is 9.88. The van der Waals surface area contributed by atoms with Crippen molar-refractivity contribution in [3.63, 3.8) is 0 Å². The number of aromatic nitrogens is 2. The molecule has 0 aliphatic heterocycles. The summed E-state index contributed by atoms with van der Waals surface area (Å²) in [4.78, 5) is 12.2. The minimum absolute atomic E-state index is 0.179. The highest BCUT2D eigenvalue weighted by Crippen LogP contribution is 2.26. The van der Waals surface area contributed by atoms with Crippen molar-refractivity contribution in [2.45, 2.75) is 33.7 Å². The van der Waals surface area contributed by atoms with Crippen molar-refractivity contribution in [1.82, 2.24) is 15.1 Å². The van der Waals surface area contributed by atoms with E-state index in [-0.39, 0.29) is 12.1 Å². The number of anilines is 1. The van der Waals surface area contributed by atoms with Crippen LogP contribution in [0.25, 0.3) is 0 Å². The van der Waals surface area contributed by atoms with E-state index in [2.05, 4.69) is 15.7 Å². The lowest BCUT2D eigenvalue weighted by Gasteiger charge is -2.18. The number of nitrogens with one attached hydrogen (secondary N) is 2. The molecule has 0 fully saturated rings. The molecular weight excluding hydrogens is 292 g/mol. The molecule has 6 nitrogen and oxygen atoms in total. The molecule has 1 aromatic carbocycles. The summed E-state index contributed by atoms with van der Waals surface area (Å²) in [5.41, 5.74) is 3.06. The molecule has 0 saturated heterocycles. The van der Waals surface area contributed by atoms with Crippen LogP contribution in [0.5, 0.6) is 5.75 Å². The zero-order valence-electron chi connectivity index (χ0n) is 14.3. The first-order chi connectivity index (χ1) is 10.9. The number of carbonyl (C=O) groups is 1. The van der Waals surface area contributed by atoms with Crippen molar-refractivity contribution in [1.29, 1.82) is 0 Å². The van der Waals surface area contributed by atoms with Gasteiger partial charge in [-0.25, -0.2) is 4.79 Å². The summed E-state index contributed by atoms with van der Waals surface area (Å²) in [6.07, 6.45) is 0. The number of hydrogen-bond acceptors (Lipinski definition) is 3. The van der Waals surface area contributed by atoms with Crippen LogP contribution in [0.15, 0.2) is 24.3 Å². The highest BCUT2D eigenvalue weighted by molar-refractivity contribution is 5.88. The van der Waals surface area contributed by atoms with Crippen LogP contribution in [-0.4, -0.2) is 22.4 Å². The first kappa shape index (κ1) is 16.9. The average Bonchev–Trinajstić information content (AvgIpc) is 2.79. The SMILES string of the molecule is CCOc1ccc(C)cc1C(C)NC(=O)Nc1cc(C)n(C)n1. The molecule has 0 spiro atoms. The van der Waals surface area contributed by atoms with Gasteiger partial charge in [-0.3, -0.25) is 10.00 Å². The van der Waals surface area contributed by atoms with E-state index in [1.807, 2.05) is 59.0 Å². The van der Waals surface area contributed by atoms with E-state index in [0.717, 1.165) is 22.6 Å². The standard InChI is InChI=1S/C17H24N4O2/c1-6-23-15-8-7-11(2)9-14(15)13(4)18-17(22)19-16-10-12(3)21(5)20-16/h7-10,13H,6H2,1-5H3,(H2,18,19,20,22). The number of amides is 2. The van der Waals surface area contributed by atoms with Crippen LogP contribution in [0.4, 0.5) is 10.6 Å². The Morgan fingerprint density at radius 3 is 2.70 bits per heavy atom. The van der Waals surface area contributed by atoms with E-state index < -0.39 is 0 Å². The van der Waals surface area contributed by atoms with Crippen molar-refractivity contribution < 1.29 is 9.53 Å². The lowest BCUT2D eigenvalue weighted by molar-refractivity contribution is 0.249. The third kappa shape index (κ3) is 4.25. The van der Waals surface area contributed by atoms with E-state index >= 15 is 0 Å². The minimum atomic E-state index is -0.292. The number of nitrogens with zero attached hydrogens (tertiary/aromatic N) is 2. The molecule has 0 aliphatic rings. The fraction of sp³-hybridized carbons (Fsp3) is 0.412. The molecule has 2 rings (SSSR count). The molecule has 0 aliphatic carbocycles. The van der Waals surface area contributed by atoms with Crippen LogP contribution >= 0.6 is 0 Å². The molecule has 2 aromatic rings. The van der Waals surface area contributed by atoms with Gasteiger partial charge < -0.3 is 10.1 Å². The van der Waals surface area contributed by atoms with Crippen LogP contribution in [0.3, 0.4) is 0 Å². The molecule has 0 radical (unpaired) electrons. The predicted molar refractivity (Wildman–Crippen MR) is 90.9 cm³/mol. The summed E-state index contributed by atoms with van der Waals surface area (Å²) in [7, 11) is 1.84. The van der Waals surface area contributed by atoms with E-state index in [9.17, 15) is 4.79 Å². The summed E-state index contributed by atoms with van der Waals surface area (Å²) < 4.78 is 7.36. The Morgan fingerprint density at radius 2 is 2.09 bits per heavy atom. The number of hydrogen-bond donors (Lipinski definition) is 2. The van der Waals surface area contributed by atoms with E-state index in [4.69, 9.17) is 4.74 Å². The van der Waals surface area contributed by atoms with Gasteiger partial charge in [0.15, 0.2) is 5.82 Å². The highest BCUT2D eigenvalue weighted by Gasteiger charge is 2.15. The van der Waals surface area contributed by atoms with Crippen LogP contribution in [-0.2, 0) is 7.05 Å². The van der Waals surface area contributed by atoms with Gasteiger partial charge in [0.1, 0.15) is 5.75 Å². The average molecular weight is 316 g/mol. The second kappa shape index (κ2) is 7.17. The van der Waals surface area contributed by atoms with Gasteiger partial charge in [0.2, 0.25) is 0 Å². The Hall–Kier alpha value is -2.50. The van der Waals surface area contributed by atoms with E-state index in [1.165, 1.54) is 0 Å². The zero-order valence-corrected chi connectivity index (χ0v) is 14.3. The summed E-state index contributed by atoms with van der Waals surface area (Å²) in [5.74, 6) is 1.32. The van der Waals surface area contributed by atoms with E-state index in [0.29, 0.717) is 12.4 Å². The Balaban J connectivity index is 2.07. The molecule has 124 valence electrons. The first-order valence-electron chi connectivity index (χ1n) is 7.72. The van der Waals surface area contributed by atoms with Crippen molar-refractivity contribution in [2.24, 2.45) is 7.05 Å². The number of urea groups is 1. The van der Waals surface area contributed by atoms with Gasteiger partial charge in [0, 0.05) is 24.4 Å². The zero-order chi connectivity index (χ0) is 17.0. The van der Waals surface area contributed by atoms with Gasteiger partial charge in [-0.05, 0) is 33.8 Å². The third-order valence-electron chi connectivity index (χ3n) is 3.63. The smallest absolute Gasteiger partial charge is 0.320 e. The Kier molecular flexibility index (Phi) is 5.26. The van der Waals surface area contributed by atoms with Crippen LogP contribution in [0, 0.1) is 13.8 Å². The molecular formula is C17H24N4O2. The van der Waals surface area contributed by atoms with Gasteiger partial charge in [0.05, 0.1) is 12.6 Å². The molecule has 6 heteroatoms. The number of benzene rings is 1. The molecule has 2 N–H and O–H groups in total. The Labute approximate surface area is 136 Å². The maximum Gasteiger partial charge on any atom is 0.320 e. The van der Waals surface area contributed by atoms with E-state index in [1.54, 1.807) is 4.68 Å². The quantitative estimate of drug-likeness (QED) is 0.889. The van der Waals surface area contributed by atoms with Gasteiger partial charge >= 0.3 is 6.03 Å². The summed E-state index contributed by atoms with van der Waals surface area (Å²) >= 11 is 0. The third-order valence-corrected chi connectivity index (χ3v) is 3.63. The maximum atomic E-state index is 12.2. The largest absolute Gasteiger partial charge is 0.494 e. The highest BCUT2D eigenvalue weighted by atomic mass is 16.5. The molecule has 0 bridgehead atoms. The lowest BCUT2D eigenvalue weighted by Crippen LogP contribution is -2.31. The van der Waals surface area contributed by atoms with Crippen LogP contribution < -0.4 is 15.4 Å². The summed E-state index contributed by atoms with van der Waals surface area (Å²) in [6, 6.07) is 7.31. The molecule has 23 heavy (non-hydrogen) atoms.